The number of nitrogens with one attached hydrogen (secondary N) is 1. The Labute approximate surface area is 188 Å². The van der Waals surface area contributed by atoms with E-state index in [9.17, 15) is 21.6 Å². The number of hydrogen-bond acceptors (Lipinski definition) is 7. The summed E-state index contributed by atoms with van der Waals surface area (Å²) in [6, 6.07) is 19.7. The summed E-state index contributed by atoms with van der Waals surface area (Å²) in [4.78, 5) is 17.6. The number of hydrogen-bond donors (Lipinski definition) is 2. The molecule has 5 rings (SSSR count). The lowest BCUT2D eigenvalue weighted by molar-refractivity contribution is 0.283. The third-order valence-electron chi connectivity index (χ3n) is 5.04. The third-order valence-corrected chi connectivity index (χ3v) is 6.83. The molecule has 0 aliphatic carbocycles. The standard InChI is InChI=1S/C18H10N2O.C3H9NO6S2/c21-18-13-8-4-6-11-5-3-7-12(16(11)13)17-19-14-9-1-2-10-15(14)20(17)18;1-4-11(5,6)3-2-10-12(7,8)9/h1-10H;4H,2-3H2,1H3,(H,7,8,9). The van der Waals surface area contributed by atoms with Crippen molar-refractivity contribution < 1.29 is 25.6 Å². The highest BCUT2D eigenvalue weighted by atomic mass is 32.3. The molecule has 2 N–H and O–H groups in total. The van der Waals surface area contributed by atoms with Crippen LogP contribution in [0.5, 0.6) is 0 Å². The van der Waals surface area contributed by atoms with Crippen molar-refractivity contribution in [3.05, 3.63) is 71.0 Å². The normalized spacial score (nSPS) is 12.4. The highest BCUT2D eigenvalue weighted by Gasteiger charge is 2.15. The van der Waals surface area contributed by atoms with E-state index in [1.807, 2.05) is 65.4 Å². The van der Waals surface area contributed by atoms with Crippen molar-refractivity contribution in [2.24, 2.45) is 0 Å². The minimum atomic E-state index is -4.55. The van der Waals surface area contributed by atoms with Crippen molar-refractivity contribution in [3.63, 3.8) is 0 Å². The van der Waals surface area contributed by atoms with Gasteiger partial charge >= 0.3 is 10.4 Å². The van der Waals surface area contributed by atoms with Gasteiger partial charge in [0.25, 0.3) is 5.56 Å². The summed E-state index contributed by atoms with van der Waals surface area (Å²) in [5.41, 5.74) is 2.46. The zero-order valence-corrected chi connectivity index (χ0v) is 18.9. The average molecular weight is 490 g/mol. The highest BCUT2D eigenvalue weighted by Crippen LogP contribution is 2.29. The molecule has 0 fully saturated rings. The van der Waals surface area contributed by atoms with Crippen LogP contribution in [0.3, 0.4) is 0 Å². The van der Waals surface area contributed by atoms with E-state index in [0.717, 1.165) is 38.2 Å². The van der Waals surface area contributed by atoms with Gasteiger partial charge < -0.3 is 0 Å². The van der Waals surface area contributed by atoms with Crippen molar-refractivity contribution in [2.45, 2.75) is 0 Å². The maximum atomic E-state index is 12.9. The van der Waals surface area contributed by atoms with E-state index in [1.165, 1.54) is 7.05 Å². The molecule has 5 aromatic rings. The van der Waals surface area contributed by atoms with E-state index in [2.05, 4.69) is 9.17 Å². The molecule has 33 heavy (non-hydrogen) atoms. The predicted molar refractivity (Wildman–Crippen MR) is 126 cm³/mol. The fourth-order valence-corrected chi connectivity index (χ4v) is 4.50. The van der Waals surface area contributed by atoms with Gasteiger partial charge in [0, 0.05) is 16.2 Å². The molecule has 2 heterocycles. The maximum Gasteiger partial charge on any atom is 0.397 e. The van der Waals surface area contributed by atoms with Gasteiger partial charge in [0.05, 0.1) is 23.4 Å². The molecular weight excluding hydrogens is 470 g/mol. The Morgan fingerprint density at radius 1 is 0.970 bits per heavy atom. The molecule has 12 heteroatoms. The first-order valence-corrected chi connectivity index (χ1v) is 12.7. The summed E-state index contributed by atoms with van der Waals surface area (Å²) in [6.45, 7) is -0.609. The Morgan fingerprint density at radius 2 is 1.64 bits per heavy atom. The zero-order chi connectivity index (χ0) is 23.8. The molecule has 0 spiro atoms. The SMILES string of the molecule is CNS(=O)(=O)CCOS(=O)(=O)O.O=c1c2cccc3cccc(c32)c2nc3ccccc3n12. The summed E-state index contributed by atoms with van der Waals surface area (Å²) in [7, 11) is -6.86. The van der Waals surface area contributed by atoms with Crippen LogP contribution in [0.15, 0.2) is 65.5 Å². The van der Waals surface area contributed by atoms with Crippen LogP contribution in [0.1, 0.15) is 0 Å². The molecule has 0 aliphatic heterocycles. The number of imidazole rings is 1. The van der Waals surface area contributed by atoms with E-state index in [1.54, 1.807) is 4.40 Å². The lowest BCUT2D eigenvalue weighted by atomic mass is 10.0. The van der Waals surface area contributed by atoms with E-state index < -0.39 is 32.8 Å². The minimum absolute atomic E-state index is 0.00278. The van der Waals surface area contributed by atoms with Crippen molar-refractivity contribution in [2.75, 3.05) is 19.4 Å². The Balaban J connectivity index is 0.000000188. The zero-order valence-electron chi connectivity index (χ0n) is 17.3. The average Bonchev–Trinajstić information content (AvgIpc) is 3.17. The number of rotatable bonds is 5. The monoisotopic (exact) mass is 489 g/mol. The third kappa shape index (κ3) is 4.65. The summed E-state index contributed by atoms with van der Waals surface area (Å²) < 4.78 is 56.6. The molecule has 3 aromatic carbocycles. The lowest BCUT2D eigenvalue weighted by Gasteiger charge is -2.06. The van der Waals surface area contributed by atoms with Crippen LogP contribution in [-0.2, 0) is 24.6 Å². The first kappa shape index (κ1) is 23.0. The van der Waals surface area contributed by atoms with Crippen molar-refractivity contribution >= 4 is 58.6 Å². The van der Waals surface area contributed by atoms with Gasteiger partial charge in [-0.3, -0.25) is 13.7 Å². The van der Waals surface area contributed by atoms with E-state index >= 15 is 0 Å². The molecule has 0 unspecified atom stereocenters. The molecule has 0 amide bonds. The summed E-state index contributed by atoms with van der Waals surface area (Å²) in [5.74, 6) is -0.525. The second-order valence-electron chi connectivity index (χ2n) is 7.05. The summed E-state index contributed by atoms with van der Waals surface area (Å²) in [5, 5.41) is 3.86. The summed E-state index contributed by atoms with van der Waals surface area (Å²) in [6.07, 6.45) is 0. The van der Waals surface area contributed by atoms with Gasteiger partial charge in [-0.15, -0.1) is 0 Å². The Hall–Kier alpha value is -3.16. The number of aromatic nitrogens is 2. The highest BCUT2D eigenvalue weighted by molar-refractivity contribution is 7.89. The Kier molecular flexibility index (Phi) is 6.03. The molecule has 0 saturated heterocycles. The van der Waals surface area contributed by atoms with Crippen molar-refractivity contribution in [1.82, 2.24) is 14.1 Å². The van der Waals surface area contributed by atoms with E-state index in [-0.39, 0.29) is 5.56 Å². The van der Waals surface area contributed by atoms with Gasteiger partial charge in [-0.25, -0.2) is 22.3 Å². The molecule has 172 valence electrons. The van der Waals surface area contributed by atoms with Crippen molar-refractivity contribution in [1.29, 1.82) is 0 Å². The number of sulfonamides is 1. The van der Waals surface area contributed by atoms with E-state index in [0.29, 0.717) is 0 Å². The predicted octanol–water partition coefficient (Wildman–Crippen LogP) is 1.95. The van der Waals surface area contributed by atoms with Gasteiger partial charge in [0.2, 0.25) is 10.0 Å². The van der Waals surface area contributed by atoms with Crippen LogP contribution < -0.4 is 10.3 Å². The van der Waals surface area contributed by atoms with Crippen LogP contribution in [0.2, 0.25) is 0 Å². The Morgan fingerprint density at radius 3 is 2.30 bits per heavy atom. The van der Waals surface area contributed by atoms with Crippen LogP contribution in [0, 0.1) is 0 Å². The van der Waals surface area contributed by atoms with Gasteiger partial charge in [0.1, 0.15) is 5.65 Å². The number of pyridine rings is 1. The molecule has 0 saturated carbocycles. The summed E-state index contributed by atoms with van der Waals surface area (Å²) >= 11 is 0. The fourth-order valence-electron chi connectivity index (χ4n) is 3.59. The molecular formula is C21H19N3O7S2. The van der Waals surface area contributed by atoms with Gasteiger partial charge in [-0.05, 0) is 30.6 Å². The van der Waals surface area contributed by atoms with Gasteiger partial charge in [0.15, 0.2) is 0 Å². The van der Waals surface area contributed by atoms with Gasteiger partial charge in [-0.1, -0.05) is 42.5 Å². The first-order chi connectivity index (χ1) is 15.6. The molecule has 0 aliphatic rings. The molecule has 0 bridgehead atoms. The van der Waals surface area contributed by atoms with Crippen molar-refractivity contribution in [3.8, 4) is 0 Å². The number of fused-ring (bicyclic) bond motifs is 4. The smallest absolute Gasteiger partial charge is 0.268 e. The molecule has 0 radical (unpaired) electrons. The van der Waals surface area contributed by atoms with Gasteiger partial charge in [-0.2, -0.15) is 8.42 Å². The lowest BCUT2D eigenvalue weighted by Crippen LogP contribution is -2.25. The number of benzene rings is 3. The molecule has 0 atom stereocenters. The fraction of sp³-hybridized carbons (Fsp3) is 0.143. The molecule has 2 aromatic heterocycles. The maximum absolute atomic E-state index is 12.9. The van der Waals surface area contributed by atoms with Crippen LogP contribution in [0.25, 0.3) is 38.2 Å². The minimum Gasteiger partial charge on any atom is -0.268 e. The van der Waals surface area contributed by atoms with Crippen LogP contribution in [-0.4, -0.2) is 50.2 Å². The second-order valence-corrected chi connectivity index (χ2v) is 10.2. The van der Waals surface area contributed by atoms with Crippen LogP contribution in [0.4, 0.5) is 0 Å². The van der Waals surface area contributed by atoms with Crippen LogP contribution >= 0.6 is 0 Å². The number of nitrogens with zero attached hydrogens (tertiary/aromatic N) is 2. The quantitative estimate of drug-likeness (QED) is 0.357. The second kappa shape index (κ2) is 8.65. The van der Waals surface area contributed by atoms with E-state index in [4.69, 9.17) is 4.55 Å². The number of para-hydroxylation sites is 2. The molecule has 10 nitrogen and oxygen atoms in total. The largest absolute Gasteiger partial charge is 0.397 e. The topological polar surface area (TPSA) is 144 Å². The first-order valence-electron chi connectivity index (χ1n) is 9.68. The Bertz CT molecular complexity index is 1740.